The van der Waals surface area contributed by atoms with E-state index in [9.17, 15) is 4.79 Å². The average Bonchev–Trinajstić information content (AvgIpc) is 2.86. The Hall–Kier alpha value is -0.610. The first-order valence-electron chi connectivity index (χ1n) is 7.33. The molecule has 18 heavy (non-hydrogen) atoms. The second kappa shape index (κ2) is 6.53. The van der Waals surface area contributed by atoms with E-state index in [2.05, 4.69) is 17.1 Å². The maximum atomic E-state index is 12.4. The highest BCUT2D eigenvalue weighted by atomic mass is 16.5. The summed E-state index contributed by atoms with van der Waals surface area (Å²) in [5, 5.41) is 3.38. The fourth-order valence-electron chi connectivity index (χ4n) is 3.18. The number of piperidine rings is 1. The smallest absolute Gasteiger partial charge is 0.239 e. The highest BCUT2D eigenvalue weighted by Gasteiger charge is 2.36. The van der Waals surface area contributed by atoms with E-state index in [0.717, 1.165) is 51.6 Å². The highest BCUT2D eigenvalue weighted by molar-refractivity contribution is 5.83. The number of likely N-dealkylation sites (tertiary alicyclic amines) is 1. The van der Waals surface area contributed by atoms with Crippen molar-refractivity contribution in [1.29, 1.82) is 0 Å². The van der Waals surface area contributed by atoms with Crippen LogP contribution in [0.25, 0.3) is 0 Å². The molecule has 104 valence electrons. The van der Waals surface area contributed by atoms with E-state index in [4.69, 9.17) is 4.74 Å². The van der Waals surface area contributed by atoms with Crippen molar-refractivity contribution < 1.29 is 9.53 Å². The lowest BCUT2D eigenvalue weighted by molar-refractivity contribution is -0.138. The van der Waals surface area contributed by atoms with Crippen molar-refractivity contribution in [3.05, 3.63) is 0 Å². The number of rotatable bonds is 5. The van der Waals surface area contributed by atoms with E-state index in [1.807, 2.05) is 0 Å². The van der Waals surface area contributed by atoms with E-state index in [1.165, 1.54) is 0 Å². The van der Waals surface area contributed by atoms with Gasteiger partial charge >= 0.3 is 0 Å². The van der Waals surface area contributed by atoms with Gasteiger partial charge in [-0.05, 0) is 45.1 Å². The Kier molecular flexibility index (Phi) is 5.01. The van der Waals surface area contributed by atoms with Gasteiger partial charge in [0, 0.05) is 19.7 Å². The second-order valence-corrected chi connectivity index (χ2v) is 5.51. The molecule has 0 aromatic rings. The predicted octanol–water partition coefficient (Wildman–Crippen LogP) is 1.54. The molecule has 0 spiro atoms. The lowest BCUT2D eigenvalue weighted by Crippen LogP contribution is -2.53. The molecule has 4 heteroatoms. The Morgan fingerprint density at radius 2 is 2.22 bits per heavy atom. The van der Waals surface area contributed by atoms with Gasteiger partial charge in [0.1, 0.15) is 0 Å². The molecule has 1 amide bonds. The number of nitrogens with zero attached hydrogens (tertiary/aromatic N) is 1. The summed E-state index contributed by atoms with van der Waals surface area (Å²) in [4.78, 5) is 14.5. The summed E-state index contributed by atoms with van der Waals surface area (Å²) in [7, 11) is 1.77. The maximum Gasteiger partial charge on any atom is 0.239 e. The number of carbonyl (C=O) groups is 1. The largest absolute Gasteiger partial charge is 0.381 e. The number of amides is 1. The number of ether oxygens (including phenoxy) is 1. The fourth-order valence-corrected chi connectivity index (χ4v) is 3.18. The third-order valence-corrected chi connectivity index (χ3v) is 4.24. The average molecular weight is 254 g/mol. The molecular formula is C14H26N2O2. The van der Waals surface area contributed by atoms with Gasteiger partial charge in [-0.3, -0.25) is 4.79 Å². The topological polar surface area (TPSA) is 41.6 Å². The summed E-state index contributed by atoms with van der Waals surface area (Å²) in [6, 6.07) is 0.467. The molecule has 2 aliphatic rings. The summed E-state index contributed by atoms with van der Waals surface area (Å²) in [6.45, 7) is 4.01. The first-order valence-corrected chi connectivity index (χ1v) is 7.33. The Morgan fingerprint density at radius 3 is 2.89 bits per heavy atom. The van der Waals surface area contributed by atoms with Crippen LogP contribution in [0.15, 0.2) is 0 Å². The van der Waals surface area contributed by atoms with Crippen LogP contribution in [-0.4, -0.2) is 49.2 Å². The van der Waals surface area contributed by atoms with Crippen molar-refractivity contribution >= 4 is 5.91 Å². The van der Waals surface area contributed by atoms with Gasteiger partial charge in [0.25, 0.3) is 0 Å². The molecular weight excluding hydrogens is 228 g/mol. The molecule has 0 radical (unpaired) electrons. The van der Waals surface area contributed by atoms with Crippen molar-refractivity contribution in [1.82, 2.24) is 10.2 Å². The SMILES string of the molecule is CCCNC1CCCN(C2CCC(OC)C2)C1=O. The molecule has 1 heterocycles. The summed E-state index contributed by atoms with van der Waals surface area (Å²) >= 11 is 0. The Morgan fingerprint density at radius 1 is 1.39 bits per heavy atom. The lowest BCUT2D eigenvalue weighted by Gasteiger charge is -2.37. The first-order chi connectivity index (χ1) is 8.76. The lowest BCUT2D eigenvalue weighted by atomic mass is 10.0. The minimum atomic E-state index is 0.0558. The molecule has 1 aliphatic heterocycles. The quantitative estimate of drug-likeness (QED) is 0.809. The number of hydrogen-bond donors (Lipinski definition) is 1. The standard InChI is InChI=1S/C14H26N2O2/c1-3-8-15-13-5-4-9-16(14(13)17)11-6-7-12(10-11)18-2/h11-13,15H,3-10H2,1-2H3. The van der Waals surface area contributed by atoms with E-state index in [-0.39, 0.29) is 6.04 Å². The van der Waals surface area contributed by atoms with Crippen LogP contribution in [0.2, 0.25) is 0 Å². The van der Waals surface area contributed by atoms with Crippen LogP contribution >= 0.6 is 0 Å². The van der Waals surface area contributed by atoms with Crippen molar-refractivity contribution in [2.24, 2.45) is 0 Å². The van der Waals surface area contributed by atoms with Crippen LogP contribution in [0.3, 0.4) is 0 Å². The zero-order chi connectivity index (χ0) is 13.0. The molecule has 0 aromatic heterocycles. The number of carbonyl (C=O) groups excluding carboxylic acids is 1. The molecule has 1 saturated carbocycles. The van der Waals surface area contributed by atoms with E-state index < -0.39 is 0 Å². The molecule has 1 aliphatic carbocycles. The van der Waals surface area contributed by atoms with Crippen LogP contribution in [-0.2, 0) is 9.53 Å². The van der Waals surface area contributed by atoms with Crippen LogP contribution in [0.1, 0.15) is 45.4 Å². The van der Waals surface area contributed by atoms with E-state index in [1.54, 1.807) is 7.11 Å². The monoisotopic (exact) mass is 254 g/mol. The zero-order valence-corrected chi connectivity index (χ0v) is 11.7. The van der Waals surface area contributed by atoms with Crippen molar-refractivity contribution in [2.75, 3.05) is 20.2 Å². The van der Waals surface area contributed by atoms with E-state index >= 15 is 0 Å². The minimum absolute atomic E-state index is 0.0558. The van der Waals surface area contributed by atoms with Crippen LogP contribution < -0.4 is 5.32 Å². The minimum Gasteiger partial charge on any atom is -0.381 e. The molecule has 4 nitrogen and oxygen atoms in total. The van der Waals surface area contributed by atoms with Gasteiger partial charge in [0.05, 0.1) is 12.1 Å². The highest BCUT2D eigenvalue weighted by Crippen LogP contribution is 2.28. The molecule has 2 rings (SSSR count). The van der Waals surface area contributed by atoms with E-state index in [0.29, 0.717) is 18.1 Å². The first kappa shape index (κ1) is 13.8. The Labute approximate surface area is 110 Å². The van der Waals surface area contributed by atoms with Crippen molar-refractivity contribution in [2.45, 2.75) is 63.6 Å². The third-order valence-electron chi connectivity index (χ3n) is 4.24. The Balaban J connectivity index is 1.90. The van der Waals surface area contributed by atoms with Gasteiger partial charge in [0.2, 0.25) is 5.91 Å². The van der Waals surface area contributed by atoms with Gasteiger partial charge < -0.3 is 15.0 Å². The van der Waals surface area contributed by atoms with Gasteiger partial charge in [-0.15, -0.1) is 0 Å². The normalized spacial score (nSPS) is 33.1. The predicted molar refractivity (Wildman–Crippen MR) is 71.5 cm³/mol. The second-order valence-electron chi connectivity index (χ2n) is 5.51. The zero-order valence-electron chi connectivity index (χ0n) is 11.7. The van der Waals surface area contributed by atoms with Gasteiger partial charge in [-0.1, -0.05) is 6.92 Å². The summed E-state index contributed by atoms with van der Waals surface area (Å²) in [5.41, 5.74) is 0. The van der Waals surface area contributed by atoms with Gasteiger partial charge in [-0.25, -0.2) is 0 Å². The Bertz CT molecular complexity index is 283. The molecule has 0 aromatic carbocycles. The number of methoxy groups -OCH3 is 1. The van der Waals surface area contributed by atoms with Crippen LogP contribution in [0, 0.1) is 0 Å². The van der Waals surface area contributed by atoms with Crippen molar-refractivity contribution in [3.8, 4) is 0 Å². The maximum absolute atomic E-state index is 12.4. The summed E-state index contributed by atoms with van der Waals surface area (Å²) in [6.07, 6.45) is 6.77. The summed E-state index contributed by atoms with van der Waals surface area (Å²) in [5.74, 6) is 0.316. The van der Waals surface area contributed by atoms with Gasteiger partial charge in [-0.2, -0.15) is 0 Å². The molecule has 0 bridgehead atoms. The molecule has 3 unspecified atom stereocenters. The molecule has 1 saturated heterocycles. The van der Waals surface area contributed by atoms with Gasteiger partial charge in [0.15, 0.2) is 0 Å². The number of hydrogen-bond acceptors (Lipinski definition) is 3. The molecule has 1 N–H and O–H groups in total. The van der Waals surface area contributed by atoms with Crippen molar-refractivity contribution in [3.63, 3.8) is 0 Å². The summed E-state index contributed by atoms with van der Waals surface area (Å²) < 4.78 is 5.41. The molecule has 3 atom stereocenters. The third kappa shape index (κ3) is 3.04. The fraction of sp³-hybridized carbons (Fsp3) is 0.929. The molecule has 2 fully saturated rings. The van der Waals surface area contributed by atoms with Crippen LogP contribution in [0.4, 0.5) is 0 Å². The van der Waals surface area contributed by atoms with Crippen LogP contribution in [0.5, 0.6) is 0 Å². The number of nitrogens with one attached hydrogen (secondary N) is 1.